The van der Waals surface area contributed by atoms with E-state index in [4.69, 9.17) is 17.3 Å². The molecule has 0 aromatic heterocycles. The molecule has 2 aliphatic rings. The highest BCUT2D eigenvalue weighted by Gasteiger charge is 2.42. The van der Waals surface area contributed by atoms with Crippen LogP contribution in [0.2, 0.25) is 0 Å². The van der Waals surface area contributed by atoms with Crippen molar-refractivity contribution in [1.82, 2.24) is 4.90 Å². The molecule has 1 unspecified atom stereocenters. The van der Waals surface area contributed by atoms with Gasteiger partial charge < -0.3 is 10.6 Å². The molecule has 0 aromatic carbocycles. The van der Waals surface area contributed by atoms with Crippen LogP contribution >= 0.6 is 11.6 Å². The van der Waals surface area contributed by atoms with Crippen molar-refractivity contribution in [2.45, 2.75) is 45.1 Å². The van der Waals surface area contributed by atoms with Crippen LogP contribution in [0.25, 0.3) is 0 Å². The summed E-state index contributed by atoms with van der Waals surface area (Å²) in [6.45, 7) is 3.59. The van der Waals surface area contributed by atoms with Crippen molar-refractivity contribution < 1.29 is 4.79 Å². The van der Waals surface area contributed by atoms with E-state index in [1.807, 2.05) is 4.90 Å². The smallest absolute Gasteiger partial charge is 0.239 e. The Morgan fingerprint density at radius 2 is 2.12 bits per heavy atom. The third-order valence-electron chi connectivity index (χ3n) is 4.52. The van der Waals surface area contributed by atoms with E-state index in [1.54, 1.807) is 6.92 Å². The molecule has 1 heterocycles. The first-order valence-corrected chi connectivity index (χ1v) is 7.20. The van der Waals surface area contributed by atoms with Crippen molar-refractivity contribution in [3.8, 4) is 0 Å². The zero-order valence-electron chi connectivity index (χ0n) is 10.6. The van der Waals surface area contributed by atoms with E-state index in [2.05, 4.69) is 0 Å². The normalized spacial score (nSPS) is 35.2. The zero-order valence-corrected chi connectivity index (χ0v) is 11.4. The fraction of sp³-hybridized carbons (Fsp3) is 0.923. The minimum Gasteiger partial charge on any atom is -0.341 e. The van der Waals surface area contributed by atoms with Gasteiger partial charge in [-0.1, -0.05) is 0 Å². The Balaban J connectivity index is 1.91. The summed E-state index contributed by atoms with van der Waals surface area (Å²) in [6.07, 6.45) is 6.06. The fourth-order valence-corrected chi connectivity index (χ4v) is 3.57. The van der Waals surface area contributed by atoms with E-state index in [0.717, 1.165) is 25.4 Å². The Bertz CT molecular complexity index is 285. The number of nitrogens with two attached hydrogens (primary N) is 1. The maximum absolute atomic E-state index is 11.9. The number of halogens is 1. The Labute approximate surface area is 109 Å². The van der Waals surface area contributed by atoms with Crippen LogP contribution in [0.3, 0.4) is 0 Å². The molecule has 1 saturated heterocycles. The summed E-state index contributed by atoms with van der Waals surface area (Å²) in [4.78, 5) is 13.8. The fourth-order valence-electron chi connectivity index (χ4n) is 3.26. The molecule has 1 atom stereocenters. The van der Waals surface area contributed by atoms with Crippen LogP contribution in [0.1, 0.15) is 39.0 Å². The van der Waals surface area contributed by atoms with Crippen molar-refractivity contribution in [1.29, 1.82) is 0 Å². The van der Waals surface area contributed by atoms with Crippen LogP contribution in [0.15, 0.2) is 0 Å². The van der Waals surface area contributed by atoms with Gasteiger partial charge in [0.1, 0.15) is 0 Å². The minimum absolute atomic E-state index is 0.112. The van der Waals surface area contributed by atoms with Gasteiger partial charge in [0.05, 0.1) is 6.04 Å². The molecule has 98 valence electrons. The molecule has 17 heavy (non-hydrogen) atoms. The number of alkyl halides is 1. The molecule has 1 aliphatic heterocycles. The van der Waals surface area contributed by atoms with Crippen molar-refractivity contribution in [3.05, 3.63) is 0 Å². The summed E-state index contributed by atoms with van der Waals surface area (Å²) in [7, 11) is 0. The molecule has 0 bridgehead atoms. The average Bonchev–Trinajstić information content (AvgIpc) is 2.73. The number of carbonyl (C=O) groups excluding carboxylic acids is 1. The number of rotatable bonds is 2. The van der Waals surface area contributed by atoms with Gasteiger partial charge in [0.15, 0.2) is 0 Å². The van der Waals surface area contributed by atoms with Crippen molar-refractivity contribution >= 4 is 17.5 Å². The number of amides is 1. The summed E-state index contributed by atoms with van der Waals surface area (Å²) in [5, 5.41) is 0. The van der Waals surface area contributed by atoms with Crippen LogP contribution in [0.4, 0.5) is 0 Å². The highest BCUT2D eigenvalue weighted by Crippen LogP contribution is 2.45. The first-order chi connectivity index (χ1) is 8.06. The third-order valence-corrected chi connectivity index (χ3v) is 4.96. The minimum atomic E-state index is -0.357. The van der Waals surface area contributed by atoms with Gasteiger partial charge in [-0.3, -0.25) is 4.79 Å². The van der Waals surface area contributed by atoms with Crippen LogP contribution in [-0.4, -0.2) is 35.8 Å². The lowest BCUT2D eigenvalue weighted by Crippen LogP contribution is -2.42. The van der Waals surface area contributed by atoms with Crippen LogP contribution in [0.5, 0.6) is 0 Å². The summed E-state index contributed by atoms with van der Waals surface area (Å²) in [6, 6.07) is -0.357. The molecule has 2 N–H and O–H groups in total. The Morgan fingerprint density at radius 1 is 1.47 bits per heavy atom. The van der Waals surface area contributed by atoms with Gasteiger partial charge in [0.25, 0.3) is 0 Å². The van der Waals surface area contributed by atoms with Crippen LogP contribution < -0.4 is 5.73 Å². The summed E-state index contributed by atoms with van der Waals surface area (Å²) in [5.41, 5.74) is 6.05. The molecule has 1 amide bonds. The van der Waals surface area contributed by atoms with Gasteiger partial charge in [-0.25, -0.2) is 0 Å². The van der Waals surface area contributed by atoms with E-state index < -0.39 is 0 Å². The maximum atomic E-state index is 11.9. The van der Waals surface area contributed by atoms with Crippen molar-refractivity contribution in [3.63, 3.8) is 0 Å². The highest BCUT2D eigenvalue weighted by molar-refractivity contribution is 6.18. The van der Waals surface area contributed by atoms with E-state index in [9.17, 15) is 4.79 Å². The molecular formula is C13H23ClN2O. The molecule has 0 radical (unpaired) electrons. The number of carbonyl (C=O) groups is 1. The molecule has 2 rings (SSSR count). The number of hydrogen-bond donors (Lipinski definition) is 1. The SMILES string of the molecule is CC(N)C(=O)N1CCC2(CCC(CCl)CC2)C1. The predicted molar refractivity (Wildman–Crippen MR) is 70.0 cm³/mol. The van der Waals surface area contributed by atoms with Crippen molar-refractivity contribution in [2.75, 3.05) is 19.0 Å². The first kappa shape index (κ1) is 13.2. The Morgan fingerprint density at radius 3 is 2.65 bits per heavy atom. The summed E-state index contributed by atoms with van der Waals surface area (Å²) in [5.74, 6) is 1.60. The van der Waals surface area contributed by atoms with E-state index in [1.165, 1.54) is 25.7 Å². The summed E-state index contributed by atoms with van der Waals surface area (Å²) < 4.78 is 0. The van der Waals surface area contributed by atoms with Crippen LogP contribution in [0, 0.1) is 11.3 Å². The second-order valence-corrected chi connectivity index (χ2v) is 6.20. The molecule has 1 aliphatic carbocycles. The third kappa shape index (κ3) is 2.76. The highest BCUT2D eigenvalue weighted by atomic mass is 35.5. The van der Waals surface area contributed by atoms with E-state index in [0.29, 0.717) is 11.3 Å². The van der Waals surface area contributed by atoms with Gasteiger partial charge in [-0.05, 0) is 50.4 Å². The number of likely N-dealkylation sites (tertiary alicyclic amines) is 1. The van der Waals surface area contributed by atoms with Gasteiger partial charge in [-0.15, -0.1) is 11.6 Å². The first-order valence-electron chi connectivity index (χ1n) is 6.67. The largest absolute Gasteiger partial charge is 0.341 e. The van der Waals surface area contributed by atoms with Gasteiger partial charge in [0.2, 0.25) is 5.91 Å². The lowest BCUT2D eigenvalue weighted by atomic mass is 9.70. The van der Waals surface area contributed by atoms with Gasteiger partial charge in [-0.2, -0.15) is 0 Å². The second-order valence-electron chi connectivity index (χ2n) is 5.90. The molecule has 1 spiro atoms. The van der Waals surface area contributed by atoms with Gasteiger partial charge >= 0.3 is 0 Å². The monoisotopic (exact) mass is 258 g/mol. The molecular weight excluding hydrogens is 236 g/mol. The second kappa shape index (κ2) is 5.15. The standard InChI is InChI=1S/C13H23ClN2O/c1-10(15)12(17)16-7-6-13(9-16)4-2-11(8-14)3-5-13/h10-11H,2-9,15H2,1H3. The molecule has 1 saturated carbocycles. The Hall–Kier alpha value is -0.280. The van der Waals surface area contributed by atoms with Crippen LogP contribution in [-0.2, 0) is 4.79 Å². The molecule has 4 heteroatoms. The quantitative estimate of drug-likeness (QED) is 0.770. The lowest BCUT2D eigenvalue weighted by Gasteiger charge is -2.36. The Kier molecular flexibility index (Phi) is 3.99. The van der Waals surface area contributed by atoms with E-state index >= 15 is 0 Å². The predicted octanol–water partition coefficient (Wildman–Crippen LogP) is 1.98. The molecule has 0 aromatic rings. The molecule has 3 nitrogen and oxygen atoms in total. The van der Waals surface area contributed by atoms with Gasteiger partial charge in [0, 0.05) is 19.0 Å². The molecule has 2 fully saturated rings. The lowest BCUT2D eigenvalue weighted by molar-refractivity contribution is -0.131. The summed E-state index contributed by atoms with van der Waals surface area (Å²) >= 11 is 5.92. The zero-order chi connectivity index (χ0) is 12.5. The van der Waals surface area contributed by atoms with Crippen molar-refractivity contribution in [2.24, 2.45) is 17.1 Å². The van der Waals surface area contributed by atoms with E-state index in [-0.39, 0.29) is 11.9 Å². The number of hydrogen-bond acceptors (Lipinski definition) is 2. The topological polar surface area (TPSA) is 46.3 Å². The average molecular weight is 259 g/mol. The number of nitrogens with zero attached hydrogens (tertiary/aromatic N) is 1. The maximum Gasteiger partial charge on any atom is 0.239 e.